The molecule has 0 aromatic carbocycles. The van der Waals surface area contributed by atoms with Crippen molar-refractivity contribution < 1.29 is 19.7 Å². The van der Waals surface area contributed by atoms with E-state index >= 15 is 0 Å². The van der Waals surface area contributed by atoms with Crippen molar-refractivity contribution in [3.8, 4) is 0 Å². The molecule has 0 amide bonds. The molecule has 5 nitrogen and oxygen atoms in total. The Labute approximate surface area is 257 Å². The zero-order valence-corrected chi connectivity index (χ0v) is 27.3. The van der Waals surface area contributed by atoms with Crippen LogP contribution >= 0.6 is 11.3 Å². The quantitative estimate of drug-likeness (QED) is 0.268. The van der Waals surface area contributed by atoms with E-state index in [-0.39, 0.29) is 28.8 Å². The van der Waals surface area contributed by atoms with Gasteiger partial charge in [-0.15, -0.1) is 11.3 Å². The first kappa shape index (κ1) is 31.7. The van der Waals surface area contributed by atoms with Crippen molar-refractivity contribution in [3.63, 3.8) is 0 Å². The van der Waals surface area contributed by atoms with Gasteiger partial charge in [0, 0.05) is 17.5 Å². The van der Waals surface area contributed by atoms with Crippen molar-refractivity contribution in [2.24, 2.45) is 29.1 Å². The van der Waals surface area contributed by atoms with Crippen LogP contribution in [0.1, 0.15) is 115 Å². The Bertz CT molecular complexity index is 1210. The van der Waals surface area contributed by atoms with Crippen LogP contribution in [0.4, 0.5) is 0 Å². The van der Waals surface area contributed by atoms with Crippen molar-refractivity contribution in [2.75, 3.05) is 0 Å². The maximum atomic E-state index is 13.0. The van der Waals surface area contributed by atoms with Gasteiger partial charge in [0.15, 0.2) is 0 Å². The standard InChI is InChI=1S/C36H53NO4S/c1-7-22(2)33(40)41-32(36(17-18-36)34-37-24(4)21-42-34)15-10-23(3)29-13-14-30-26(9-8-16-35(29,30)6)11-12-27-19-28(38)20-31(39)25(27)5/h11-12,21-23,28-32,38-39H,5,7-10,13-20H2,1-4,6H3/t22?,23-,28-,29-,30+,31+,32-,35-/m1/s1. The fourth-order valence-electron chi connectivity index (χ4n) is 8.56. The number of esters is 1. The van der Waals surface area contributed by atoms with Crippen LogP contribution in [0.25, 0.3) is 0 Å². The number of rotatable bonds is 10. The van der Waals surface area contributed by atoms with Gasteiger partial charge in [-0.1, -0.05) is 52.0 Å². The van der Waals surface area contributed by atoms with Crippen LogP contribution in [0.2, 0.25) is 0 Å². The molecular formula is C36H53NO4S. The summed E-state index contributed by atoms with van der Waals surface area (Å²) < 4.78 is 6.34. The van der Waals surface area contributed by atoms with Crippen molar-refractivity contribution in [1.29, 1.82) is 0 Å². The predicted octanol–water partition coefficient (Wildman–Crippen LogP) is 8.00. The third-order valence-electron chi connectivity index (χ3n) is 11.6. The number of thiazole rings is 1. The van der Waals surface area contributed by atoms with Crippen LogP contribution in [0.3, 0.4) is 0 Å². The first-order valence-corrected chi connectivity index (χ1v) is 17.4. The van der Waals surface area contributed by atoms with Gasteiger partial charge in [0.2, 0.25) is 0 Å². The third-order valence-corrected chi connectivity index (χ3v) is 12.8. The fraction of sp³-hybridized carbons (Fsp3) is 0.722. The molecule has 42 heavy (non-hydrogen) atoms. The topological polar surface area (TPSA) is 79.7 Å². The van der Waals surface area contributed by atoms with Gasteiger partial charge < -0.3 is 14.9 Å². The molecule has 0 spiro atoms. The SMILES string of the molecule is C=C1C(=CC=C2CCC[C@]3(C)[C@@H]([C@H](C)CC[C@@H](OC(=O)C(C)CC)C4(c5nc(C)cs5)CC4)CC[C@@H]23)C[C@@H](O)C[C@@H]1O. The number of carbonyl (C=O) groups is 1. The molecule has 232 valence electrons. The predicted molar refractivity (Wildman–Crippen MR) is 170 cm³/mol. The van der Waals surface area contributed by atoms with Crippen LogP contribution in [-0.4, -0.2) is 39.5 Å². The first-order chi connectivity index (χ1) is 20.0. The minimum absolute atomic E-state index is 0.0561. The van der Waals surface area contributed by atoms with E-state index in [1.165, 1.54) is 31.3 Å². The van der Waals surface area contributed by atoms with E-state index in [0.717, 1.165) is 60.4 Å². The lowest BCUT2D eigenvalue weighted by Crippen LogP contribution is -2.37. The number of aliphatic hydroxyl groups is 2. The van der Waals surface area contributed by atoms with Gasteiger partial charge in [0.25, 0.3) is 0 Å². The van der Waals surface area contributed by atoms with Gasteiger partial charge in [0.05, 0.1) is 23.5 Å². The van der Waals surface area contributed by atoms with E-state index in [1.807, 2.05) is 6.92 Å². The van der Waals surface area contributed by atoms with Crippen LogP contribution in [-0.2, 0) is 14.9 Å². The van der Waals surface area contributed by atoms with E-state index in [0.29, 0.717) is 30.6 Å². The number of aryl methyl sites for hydroxylation is 1. The molecule has 4 saturated carbocycles. The average Bonchev–Trinajstić information content (AvgIpc) is 3.51. The maximum absolute atomic E-state index is 13.0. The fourth-order valence-corrected chi connectivity index (χ4v) is 9.66. The molecule has 1 unspecified atom stereocenters. The molecule has 4 aliphatic carbocycles. The van der Waals surface area contributed by atoms with Gasteiger partial charge in [-0.25, -0.2) is 4.98 Å². The number of hydrogen-bond acceptors (Lipinski definition) is 6. The highest BCUT2D eigenvalue weighted by atomic mass is 32.1. The molecule has 1 aromatic rings. The number of allylic oxidation sites excluding steroid dienone is 3. The monoisotopic (exact) mass is 595 g/mol. The Morgan fingerprint density at radius 3 is 2.64 bits per heavy atom. The molecule has 5 rings (SSSR count). The number of hydrogen-bond donors (Lipinski definition) is 2. The molecule has 1 aromatic heterocycles. The van der Waals surface area contributed by atoms with Crippen LogP contribution < -0.4 is 0 Å². The number of ether oxygens (including phenoxy) is 1. The molecule has 0 radical (unpaired) electrons. The first-order valence-electron chi connectivity index (χ1n) is 16.6. The van der Waals surface area contributed by atoms with Crippen molar-refractivity contribution in [1.82, 2.24) is 4.98 Å². The number of aliphatic hydroxyl groups excluding tert-OH is 2. The lowest BCUT2D eigenvalue weighted by molar-refractivity contribution is -0.156. The second-order valence-electron chi connectivity index (χ2n) is 14.4. The van der Waals surface area contributed by atoms with Crippen LogP contribution in [0, 0.1) is 36.0 Å². The van der Waals surface area contributed by atoms with Crippen molar-refractivity contribution >= 4 is 17.3 Å². The lowest BCUT2D eigenvalue weighted by atomic mass is 9.60. The van der Waals surface area contributed by atoms with E-state index in [2.05, 4.69) is 51.8 Å². The molecule has 0 bridgehead atoms. The summed E-state index contributed by atoms with van der Waals surface area (Å²) >= 11 is 1.73. The Hall–Kier alpha value is -1.76. The summed E-state index contributed by atoms with van der Waals surface area (Å²) in [5.41, 5.74) is 4.53. The van der Waals surface area contributed by atoms with Gasteiger partial charge in [-0.3, -0.25) is 4.79 Å². The van der Waals surface area contributed by atoms with E-state index < -0.39 is 12.2 Å². The maximum Gasteiger partial charge on any atom is 0.308 e. The highest BCUT2D eigenvalue weighted by molar-refractivity contribution is 7.09. The van der Waals surface area contributed by atoms with E-state index in [4.69, 9.17) is 9.72 Å². The lowest BCUT2D eigenvalue weighted by Gasteiger charge is -2.44. The Balaban J connectivity index is 1.29. The van der Waals surface area contributed by atoms with Gasteiger partial charge >= 0.3 is 5.97 Å². The molecular weight excluding hydrogens is 542 g/mol. The Morgan fingerprint density at radius 1 is 1.21 bits per heavy atom. The minimum Gasteiger partial charge on any atom is -0.461 e. The smallest absolute Gasteiger partial charge is 0.308 e. The van der Waals surface area contributed by atoms with Gasteiger partial charge in [-0.2, -0.15) is 0 Å². The Morgan fingerprint density at radius 2 is 1.98 bits per heavy atom. The molecule has 1 heterocycles. The molecule has 6 heteroatoms. The third kappa shape index (κ3) is 6.23. The summed E-state index contributed by atoms with van der Waals surface area (Å²) in [6.45, 7) is 15.2. The minimum atomic E-state index is -0.644. The summed E-state index contributed by atoms with van der Waals surface area (Å²) in [4.78, 5) is 17.9. The molecule has 0 saturated heterocycles. The molecule has 2 N–H and O–H groups in total. The number of fused-ring (bicyclic) bond motifs is 1. The zero-order chi connectivity index (χ0) is 30.2. The summed E-state index contributed by atoms with van der Waals surface area (Å²) in [5.74, 6) is 1.65. The second kappa shape index (κ2) is 12.7. The molecule has 8 atom stereocenters. The average molecular weight is 596 g/mol. The molecule has 0 aliphatic heterocycles. The van der Waals surface area contributed by atoms with Crippen LogP contribution in [0.15, 0.2) is 40.8 Å². The number of carbonyl (C=O) groups excluding carboxylic acids is 1. The Kier molecular flexibility index (Phi) is 9.57. The van der Waals surface area contributed by atoms with Crippen LogP contribution in [0.5, 0.6) is 0 Å². The summed E-state index contributed by atoms with van der Waals surface area (Å²) in [7, 11) is 0. The number of aromatic nitrogens is 1. The molecule has 4 aliphatic rings. The van der Waals surface area contributed by atoms with Crippen molar-refractivity contribution in [2.45, 2.75) is 135 Å². The summed E-state index contributed by atoms with van der Waals surface area (Å²) in [5, 5.41) is 23.8. The van der Waals surface area contributed by atoms with Gasteiger partial charge in [-0.05, 0) is 112 Å². The van der Waals surface area contributed by atoms with Gasteiger partial charge in [0.1, 0.15) is 11.1 Å². The largest absolute Gasteiger partial charge is 0.461 e. The molecule has 4 fully saturated rings. The highest BCUT2D eigenvalue weighted by Crippen LogP contribution is 2.60. The summed E-state index contributed by atoms with van der Waals surface area (Å²) in [6, 6.07) is 0. The highest BCUT2D eigenvalue weighted by Gasteiger charge is 2.56. The van der Waals surface area contributed by atoms with E-state index in [1.54, 1.807) is 11.3 Å². The second-order valence-corrected chi connectivity index (χ2v) is 15.3. The number of nitrogens with zero attached hydrogens (tertiary/aromatic N) is 1. The zero-order valence-electron chi connectivity index (χ0n) is 26.5. The normalized spacial score (nSPS) is 34.7. The summed E-state index contributed by atoms with van der Waals surface area (Å²) in [6.07, 6.45) is 15.1. The van der Waals surface area contributed by atoms with E-state index in [9.17, 15) is 15.0 Å². The van der Waals surface area contributed by atoms with Crippen molar-refractivity contribution in [3.05, 3.63) is 51.5 Å².